The van der Waals surface area contributed by atoms with E-state index in [4.69, 9.17) is 9.47 Å². The van der Waals surface area contributed by atoms with Gasteiger partial charge in [-0.25, -0.2) is 0 Å². The number of ether oxygens (including phenoxy) is 2. The lowest BCUT2D eigenvalue weighted by Gasteiger charge is -2.28. The minimum Gasteiger partial charge on any atom is -0.495 e. The fourth-order valence-electron chi connectivity index (χ4n) is 3.60. The second-order valence-electron chi connectivity index (χ2n) is 9.63. The molecule has 0 saturated heterocycles. The first-order valence-corrected chi connectivity index (χ1v) is 12.9. The third kappa shape index (κ3) is 12.0. The van der Waals surface area contributed by atoms with Gasteiger partial charge >= 0.3 is 6.18 Å². The topological polar surface area (TPSA) is 37.3 Å². The Balaban J connectivity index is 2.82. The second-order valence-corrected chi connectivity index (χ2v) is 9.63. The molecule has 0 amide bonds. The summed E-state index contributed by atoms with van der Waals surface area (Å²) in [5.74, 6) is 1.31. The standard InChI is InChI=1S/C30H44F3N3O2/c1-10-20-36(34-24(5)27(11-2)14-13-19-30(31,32)33)23(4)21-35(9)22-26-15-17-28(18-16-26)38-29(7,8)25(6)37-12-3/h11,13-18H,4,6,10,12,19-22H2,1-3,5,7-9H3/b14-13-,27-11+,34-24+. The molecule has 0 spiro atoms. The molecule has 8 heteroatoms. The van der Waals surface area contributed by atoms with Gasteiger partial charge in [0.15, 0.2) is 5.60 Å². The minimum atomic E-state index is -4.23. The normalized spacial score (nSPS) is 13.2. The Morgan fingerprint density at radius 3 is 2.26 bits per heavy atom. The van der Waals surface area contributed by atoms with Crippen LogP contribution in [0.4, 0.5) is 13.2 Å². The van der Waals surface area contributed by atoms with E-state index in [1.54, 1.807) is 19.9 Å². The third-order valence-electron chi connectivity index (χ3n) is 5.64. The van der Waals surface area contributed by atoms with Gasteiger partial charge in [-0.15, -0.1) is 0 Å². The summed E-state index contributed by atoms with van der Waals surface area (Å²) in [6.07, 6.45) is -0.00828. The van der Waals surface area contributed by atoms with Crippen molar-refractivity contribution in [3.05, 3.63) is 78.2 Å². The first-order valence-electron chi connectivity index (χ1n) is 12.9. The van der Waals surface area contributed by atoms with E-state index in [1.165, 1.54) is 6.08 Å². The van der Waals surface area contributed by atoms with Gasteiger partial charge < -0.3 is 9.47 Å². The van der Waals surface area contributed by atoms with Crippen LogP contribution in [0.5, 0.6) is 5.75 Å². The zero-order valence-corrected chi connectivity index (χ0v) is 24.0. The highest BCUT2D eigenvalue weighted by atomic mass is 19.4. The molecule has 1 aromatic carbocycles. The average Bonchev–Trinajstić information content (AvgIpc) is 2.82. The molecule has 0 N–H and O–H groups in total. The van der Waals surface area contributed by atoms with E-state index in [9.17, 15) is 13.2 Å². The molecule has 0 fully saturated rings. The molecule has 0 atom stereocenters. The summed E-state index contributed by atoms with van der Waals surface area (Å²) in [4.78, 5) is 2.13. The Bertz CT molecular complexity index is 993. The summed E-state index contributed by atoms with van der Waals surface area (Å²) < 4.78 is 49.1. The number of hydrogen-bond acceptors (Lipinski definition) is 5. The monoisotopic (exact) mass is 535 g/mol. The van der Waals surface area contributed by atoms with Gasteiger partial charge in [0.25, 0.3) is 0 Å². The van der Waals surface area contributed by atoms with Crippen LogP contribution in [0.2, 0.25) is 0 Å². The van der Waals surface area contributed by atoms with Gasteiger partial charge in [0.2, 0.25) is 0 Å². The molecule has 0 unspecified atom stereocenters. The van der Waals surface area contributed by atoms with Crippen LogP contribution in [0.3, 0.4) is 0 Å². The zero-order chi connectivity index (χ0) is 28.9. The van der Waals surface area contributed by atoms with Crippen LogP contribution in [0, 0.1) is 0 Å². The van der Waals surface area contributed by atoms with E-state index in [1.807, 2.05) is 64.0 Å². The summed E-state index contributed by atoms with van der Waals surface area (Å²) in [6.45, 7) is 22.0. The summed E-state index contributed by atoms with van der Waals surface area (Å²) in [6, 6.07) is 7.90. The molecule has 0 aromatic heterocycles. The molecular formula is C30H44F3N3O2. The number of benzene rings is 1. The number of halogens is 3. The van der Waals surface area contributed by atoms with Crippen LogP contribution in [0.15, 0.2) is 77.8 Å². The van der Waals surface area contributed by atoms with Crippen LogP contribution in [-0.2, 0) is 11.3 Å². The number of hydrazone groups is 1. The molecule has 0 aliphatic heterocycles. The van der Waals surface area contributed by atoms with Crippen molar-refractivity contribution in [1.82, 2.24) is 9.91 Å². The maximum Gasteiger partial charge on any atom is 0.392 e. The van der Waals surface area contributed by atoms with Crippen molar-refractivity contribution in [2.24, 2.45) is 5.10 Å². The fraction of sp³-hybridized carbons (Fsp3) is 0.500. The van der Waals surface area contributed by atoms with Gasteiger partial charge in [0, 0.05) is 25.3 Å². The van der Waals surface area contributed by atoms with Crippen LogP contribution < -0.4 is 4.74 Å². The molecule has 0 aliphatic rings. The number of alkyl halides is 3. The molecule has 212 valence electrons. The molecular weight excluding hydrogens is 491 g/mol. The van der Waals surface area contributed by atoms with Crippen molar-refractivity contribution in [3.8, 4) is 5.75 Å². The van der Waals surface area contributed by atoms with Gasteiger partial charge in [-0.1, -0.05) is 50.4 Å². The number of rotatable bonds is 16. The number of likely N-dealkylation sites (N-methyl/N-ethyl adjacent to an activating group) is 1. The zero-order valence-electron chi connectivity index (χ0n) is 24.0. The van der Waals surface area contributed by atoms with Crippen molar-refractivity contribution in [2.75, 3.05) is 26.7 Å². The molecule has 1 rings (SSSR count). The van der Waals surface area contributed by atoms with Crippen LogP contribution in [0.25, 0.3) is 0 Å². The van der Waals surface area contributed by atoms with Gasteiger partial charge in [-0.2, -0.15) is 18.3 Å². The molecule has 0 radical (unpaired) electrons. The largest absolute Gasteiger partial charge is 0.495 e. The van der Waals surface area contributed by atoms with E-state index in [2.05, 4.69) is 23.2 Å². The average molecular weight is 536 g/mol. The predicted molar refractivity (Wildman–Crippen MR) is 151 cm³/mol. The van der Waals surface area contributed by atoms with E-state index < -0.39 is 18.2 Å². The highest BCUT2D eigenvalue weighted by Gasteiger charge is 2.26. The van der Waals surface area contributed by atoms with E-state index >= 15 is 0 Å². The number of hydrogen-bond donors (Lipinski definition) is 0. The Morgan fingerprint density at radius 2 is 1.74 bits per heavy atom. The molecule has 0 bridgehead atoms. The van der Waals surface area contributed by atoms with Crippen LogP contribution in [0.1, 0.15) is 59.9 Å². The Kier molecular flexibility index (Phi) is 13.4. The SMILES string of the molecule is C=C(CN(C)Cc1ccc(OC(C)(C)C(=C)OCC)cc1)N(CCC)/N=C(C)/C(/C=C\CC(F)(F)F)=C/C. The molecule has 0 aliphatic carbocycles. The fourth-order valence-corrected chi connectivity index (χ4v) is 3.60. The van der Waals surface area contributed by atoms with Crippen molar-refractivity contribution < 1.29 is 22.6 Å². The first kappa shape index (κ1) is 33.0. The summed E-state index contributed by atoms with van der Waals surface area (Å²) >= 11 is 0. The van der Waals surface area contributed by atoms with Crippen LogP contribution >= 0.6 is 0 Å². The molecule has 5 nitrogen and oxygen atoms in total. The van der Waals surface area contributed by atoms with Crippen LogP contribution in [-0.4, -0.2) is 54.1 Å². The lowest BCUT2D eigenvalue weighted by molar-refractivity contribution is -0.125. The van der Waals surface area contributed by atoms with E-state index in [-0.39, 0.29) is 0 Å². The molecule has 0 heterocycles. The number of allylic oxidation sites excluding steroid dienone is 4. The highest BCUT2D eigenvalue weighted by molar-refractivity contribution is 6.00. The van der Waals surface area contributed by atoms with E-state index in [0.717, 1.165) is 29.5 Å². The quantitative estimate of drug-likeness (QED) is 0.0934. The molecule has 38 heavy (non-hydrogen) atoms. The lowest BCUT2D eigenvalue weighted by atomic mass is 10.1. The van der Waals surface area contributed by atoms with Crippen molar-refractivity contribution >= 4 is 5.71 Å². The Hall–Kier alpha value is -3.00. The Labute approximate surface area is 227 Å². The number of nitrogens with zero attached hydrogens (tertiary/aromatic N) is 3. The van der Waals surface area contributed by atoms with Gasteiger partial charge in [-0.05, 0) is 71.4 Å². The van der Waals surface area contributed by atoms with Crippen molar-refractivity contribution in [2.45, 2.75) is 72.7 Å². The maximum absolute atomic E-state index is 12.5. The maximum atomic E-state index is 12.5. The smallest absolute Gasteiger partial charge is 0.392 e. The van der Waals surface area contributed by atoms with Gasteiger partial charge in [-0.3, -0.25) is 9.91 Å². The minimum absolute atomic E-state index is 0.540. The van der Waals surface area contributed by atoms with Gasteiger partial charge in [0.05, 0.1) is 18.7 Å². The lowest BCUT2D eigenvalue weighted by Crippen LogP contribution is -2.31. The second kappa shape index (κ2) is 15.4. The Morgan fingerprint density at radius 1 is 1.11 bits per heavy atom. The van der Waals surface area contributed by atoms with E-state index in [0.29, 0.717) is 43.3 Å². The first-order chi connectivity index (χ1) is 17.7. The highest BCUT2D eigenvalue weighted by Crippen LogP contribution is 2.25. The summed E-state index contributed by atoms with van der Waals surface area (Å²) in [5.41, 5.74) is 2.55. The van der Waals surface area contributed by atoms with Crippen molar-refractivity contribution in [1.29, 1.82) is 0 Å². The molecule has 1 aromatic rings. The van der Waals surface area contributed by atoms with Crippen molar-refractivity contribution in [3.63, 3.8) is 0 Å². The summed E-state index contributed by atoms with van der Waals surface area (Å²) in [7, 11) is 2.00. The third-order valence-corrected chi connectivity index (χ3v) is 5.64. The summed E-state index contributed by atoms with van der Waals surface area (Å²) in [5, 5.41) is 6.51. The molecule has 0 saturated carbocycles. The predicted octanol–water partition coefficient (Wildman–Crippen LogP) is 7.88. The van der Waals surface area contributed by atoms with Gasteiger partial charge in [0.1, 0.15) is 11.5 Å².